The largest absolute Gasteiger partial charge is 0.446 e. The smallest absolute Gasteiger partial charge is 0.194 e. The van der Waals surface area contributed by atoms with Crippen LogP contribution in [0, 0.1) is 5.92 Å². The van der Waals surface area contributed by atoms with E-state index in [1.54, 1.807) is 7.11 Å². The van der Waals surface area contributed by atoms with Gasteiger partial charge in [-0.1, -0.05) is 13.8 Å². The summed E-state index contributed by atoms with van der Waals surface area (Å²) in [6.07, 6.45) is 4.72. The van der Waals surface area contributed by atoms with E-state index in [0.717, 1.165) is 50.6 Å². The first kappa shape index (κ1) is 14.2. The van der Waals surface area contributed by atoms with E-state index in [1.807, 2.05) is 6.20 Å². The van der Waals surface area contributed by atoms with Crippen molar-refractivity contribution in [1.29, 1.82) is 0 Å². The van der Waals surface area contributed by atoms with Gasteiger partial charge in [-0.05, 0) is 25.4 Å². The average molecular weight is 240 g/mol. The van der Waals surface area contributed by atoms with Crippen molar-refractivity contribution in [1.82, 2.24) is 10.3 Å². The van der Waals surface area contributed by atoms with Gasteiger partial charge in [0.15, 0.2) is 5.89 Å². The number of oxazole rings is 1. The Labute approximate surface area is 104 Å². The Kier molecular flexibility index (Phi) is 6.89. The van der Waals surface area contributed by atoms with Crippen molar-refractivity contribution in [3.8, 4) is 0 Å². The zero-order valence-corrected chi connectivity index (χ0v) is 11.2. The maximum absolute atomic E-state index is 5.69. The highest BCUT2D eigenvalue weighted by molar-refractivity contribution is 4.95. The third kappa shape index (κ3) is 5.84. The van der Waals surface area contributed by atoms with Gasteiger partial charge in [-0.2, -0.15) is 0 Å². The first-order valence-corrected chi connectivity index (χ1v) is 6.39. The van der Waals surface area contributed by atoms with Crippen LogP contribution < -0.4 is 5.32 Å². The molecule has 0 aliphatic carbocycles. The van der Waals surface area contributed by atoms with Gasteiger partial charge >= 0.3 is 0 Å². The van der Waals surface area contributed by atoms with Crippen LogP contribution in [0.4, 0.5) is 0 Å². The van der Waals surface area contributed by atoms with Crippen molar-refractivity contribution in [2.24, 2.45) is 5.92 Å². The van der Waals surface area contributed by atoms with Gasteiger partial charge in [0.1, 0.15) is 5.76 Å². The fraction of sp³-hybridized carbons (Fsp3) is 0.769. The highest BCUT2D eigenvalue weighted by Gasteiger charge is 2.08. The lowest BCUT2D eigenvalue weighted by molar-refractivity contribution is 0.156. The Bertz CT molecular complexity index is 299. The normalized spacial score (nSPS) is 12.9. The van der Waals surface area contributed by atoms with Gasteiger partial charge in [-0.3, -0.25) is 0 Å². The number of aryl methyl sites for hydroxylation is 1. The first-order chi connectivity index (χ1) is 8.26. The van der Waals surface area contributed by atoms with E-state index in [4.69, 9.17) is 9.15 Å². The highest BCUT2D eigenvalue weighted by atomic mass is 16.5. The molecule has 17 heavy (non-hydrogen) atoms. The van der Waals surface area contributed by atoms with Crippen LogP contribution >= 0.6 is 0 Å². The molecule has 1 aromatic rings. The summed E-state index contributed by atoms with van der Waals surface area (Å²) in [4.78, 5) is 4.29. The van der Waals surface area contributed by atoms with Crippen LogP contribution in [-0.4, -0.2) is 31.8 Å². The second-order valence-electron chi connectivity index (χ2n) is 4.44. The predicted molar refractivity (Wildman–Crippen MR) is 68.1 cm³/mol. The van der Waals surface area contributed by atoms with E-state index in [2.05, 4.69) is 24.1 Å². The van der Waals surface area contributed by atoms with Crippen molar-refractivity contribution >= 4 is 0 Å². The lowest BCUT2D eigenvalue weighted by Crippen LogP contribution is -2.14. The molecule has 1 rings (SSSR count). The first-order valence-electron chi connectivity index (χ1n) is 6.39. The molecule has 4 heteroatoms. The predicted octanol–water partition coefficient (Wildman–Crippen LogP) is 2.04. The number of rotatable bonds is 9. The minimum Gasteiger partial charge on any atom is -0.446 e. The number of hydrogen-bond acceptors (Lipinski definition) is 4. The van der Waals surface area contributed by atoms with Gasteiger partial charge in [0.25, 0.3) is 0 Å². The summed E-state index contributed by atoms with van der Waals surface area (Å²) in [6, 6.07) is 0. The molecule has 0 radical (unpaired) electrons. The summed E-state index contributed by atoms with van der Waals surface area (Å²) < 4.78 is 10.8. The van der Waals surface area contributed by atoms with Gasteiger partial charge in [0, 0.05) is 26.6 Å². The van der Waals surface area contributed by atoms with Crippen LogP contribution in [0.1, 0.15) is 31.9 Å². The molecule has 1 N–H and O–H groups in total. The molecule has 0 spiro atoms. The van der Waals surface area contributed by atoms with Crippen molar-refractivity contribution in [3.63, 3.8) is 0 Å². The molecule has 1 aromatic heterocycles. The molecule has 98 valence electrons. The summed E-state index contributed by atoms with van der Waals surface area (Å²) in [5.41, 5.74) is 0. The Morgan fingerprint density at radius 1 is 1.53 bits per heavy atom. The van der Waals surface area contributed by atoms with Crippen LogP contribution in [0.5, 0.6) is 0 Å². The van der Waals surface area contributed by atoms with E-state index in [1.165, 1.54) is 0 Å². The summed E-state index contributed by atoms with van der Waals surface area (Å²) in [7, 11) is 1.73. The quantitative estimate of drug-likeness (QED) is 0.671. The monoisotopic (exact) mass is 240 g/mol. The lowest BCUT2D eigenvalue weighted by atomic mass is 10.1. The van der Waals surface area contributed by atoms with E-state index >= 15 is 0 Å². The van der Waals surface area contributed by atoms with Crippen LogP contribution in [0.15, 0.2) is 10.6 Å². The maximum atomic E-state index is 5.69. The van der Waals surface area contributed by atoms with Crippen LogP contribution in [-0.2, 0) is 17.6 Å². The SMILES string of the molecule is CCNCCCc1ncc(CC(C)COC)o1. The molecule has 1 unspecified atom stereocenters. The maximum Gasteiger partial charge on any atom is 0.194 e. The summed E-state index contributed by atoms with van der Waals surface area (Å²) in [6.45, 7) is 7.06. The topological polar surface area (TPSA) is 47.3 Å². The fourth-order valence-electron chi connectivity index (χ4n) is 1.79. The van der Waals surface area contributed by atoms with Gasteiger partial charge in [0.05, 0.1) is 6.20 Å². The molecule has 1 atom stereocenters. The van der Waals surface area contributed by atoms with Crippen molar-refractivity contribution in [3.05, 3.63) is 17.8 Å². The molecule has 0 saturated carbocycles. The molecular formula is C13H24N2O2. The highest BCUT2D eigenvalue weighted by Crippen LogP contribution is 2.11. The van der Waals surface area contributed by atoms with Gasteiger partial charge in [-0.15, -0.1) is 0 Å². The molecular weight excluding hydrogens is 216 g/mol. The Morgan fingerprint density at radius 3 is 3.06 bits per heavy atom. The zero-order chi connectivity index (χ0) is 12.5. The molecule has 0 aromatic carbocycles. The van der Waals surface area contributed by atoms with E-state index < -0.39 is 0 Å². The molecule has 4 nitrogen and oxygen atoms in total. The number of nitrogens with one attached hydrogen (secondary N) is 1. The van der Waals surface area contributed by atoms with E-state index in [9.17, 15) is 0 Å². The molecule has 0 fully saturated rings. The van der Waals surface area contributed by atoms with Gasteiger partial charge in [0.2, 0.25) is 0 Å². The van der Waals surface area contributed by atoms with Gasteiger partial charge in [-0.25, -0.2) is 4.98 Å². The molecule has 1 heterocycles. The number of aromatic nitrogens is 1. The molecule has 0 bridgehead atoms. The average Bonchev–Trinajstić information content (AvgIpc) is 2.72. The minimum atomic E-state index is 0.475. The van der Waals surface area contributed by atoms with Crippen molar-refractivity contribution < 1.29 is 9.15 Å². The third-order valence-corrected chi connectivity index (χ3v) is 2.60. The summed E-state index contributed by atoms with van der Waals surface area (Å²) >= 11 is 0. The summed E-state index contributed by atoms with van der Waals surface area (Å²) in [5.74, 6) is 2.29. The van der Waals surface area contributed by atoms with Gasteiger partial charge < -0.3 is 14.5 Å². The zero-order valence-electron chi connectivity index (χ0n) is 11.2. The standard InChI is InChI=1S/C13H24N2O2/c1-4-14-7-5-6-13-15-9-12(17-13)8-11(2)10-16-3/h9,11,14H,4-8,10H2,1-3H3. The fourth-order valence-corrected chi connectivity index (χ4v) is 1.79. The third-order valence-electron chi connectivity index (χ3n) is 2.60. The van der Waals surface area contributed by atoms with Crippen LogP contribution in [0.2, 0.25) is 0 Å². The summed E-state index contributed by atoms with van der Waals surface area (Å²) in [5, 5.41) is 3.29. The number of methoxy groups -OCH3 is 1. The molecule has 0 aliphatic heterocycles. The second-order valence-corrected chi connectivity index (χ2v) is 4.44. The molecule has 0 saturated heterocycles. The van der Waals surface area contributed by atoms with E-state index in [-0.39, 0.29) is 0 Å². The van der Waals surface area contributed by atoms with Crippen molar-refractivity contribution in [2.75, 3.05) is 26.8 Å². The molecule has 0 aliphatic rings. The lowest BCUT2D eigenvalue weighted by Gasteiger charge is -2.06. The second kappa shape index (κ2) is 8.25. The van der Waals surface area contributed by atoms with Crippen LogP contribution in [0.25, 0.3) is 0 Å². The Balaban J connectivity index is 2.27. The van der Waals surface area contributed by atoms with Crippen LogP contribution in [0.3, 0.4) is 0 Å². The number of nitrogens with zero attached hydrogens (tertiary/aromatic N) is 1. The van der Waals surface area contributed by atoms with Crippen molar-refractivity contribution in [2.45, 2.75) is 33.1 Å². The molecule has 0 amide bonds. The number of hydrogen-bond donors (Lipinski definition) is 1. The number of ether oxygens (including phenoxy) is 1. The van der Waals surface area contributed by atoms with E-state index in [0.29, 0.717) is 5.92 Å². The minimum absolute atomic E-state index is 0.475. The Hall–Kier alpha value is -0.870. The Morgan fingerprint density at radius 2 is 2.35 bits per heavy atom.